The van der Waals surface area contributed by atoms with Crippen molar-refractivity contribution in [3.05, 3.63) is 28.8 Å². The molecule has 6 nitrogen and oxygen atoms in total. The third-order valence-electron chi connectivity index (χ3n) is 3.89. The number of carbonyl (C=O) groups is 1. The molecule has 4 N–H and O–H groups in total. The van der Waals surface area contributed by atoms with Crippen LogP contribution in [-0.2, 0) is 4.79 Å². The van der Waals surface area contributed by atoms with Crippen LogP contribution in [0.25, 0.3) is 0 Å². The number of aliphatic hydroxyl groups is 1. The van der Waals surface area contributed by atoms with E-state index in [-0.39, 0.29) is 18.6 Å². The molecule has 1 amide bonds. The number of hydrogen-bond donors (Lipinski definition) is 3. The van der Waals surface area contributed by atoms with E-state index in [1.807, 2.05) is 12.1 Å². The molecule has 0 aliphatic carbocycles. The molecule has 0 radical (unpaired) electrons. The van der Waals surface area contributed by atoms with E-state index in [2.05, 4.69) is 10.5 Å². The Balaban J connectivity index is 2.07. The van der Waals surface area contributed by atoms with E-state index in [9.17, 15) is 9.90 Å². The molecule has 0 saturated carbocycles. The van der Waals surface area contributed by atoms with Gasteiger partial charge in [-0.05, 0) is 31.2 Å². The fourth-order valence-corrected chi connectivity index (χ4v) is 3.04. The minimum Gasteiger partial charge on any atom is -0.394 e. The van der Waals surface area contributed by atoms with Crippen molar-refractivity contribution in [3.63, 3.8) is 0 Å². The number of benzene rings is 1. The molecule has 2 aliphatic rings. The Kier molecular flexibility index (Phi) is 3.84. The number of amides is 1. The largest absolute Gasteiger partial charge is 0.394 e. The molecule has 3 rings (SSSR count). The van der Waals surface area contributed by atoms with Crippen molar-refractivity contribution in [1.82, 2.24) is 5.43 Å². The van der Waals surface area contributed by atoms with Crippen LogP contribution in [0.2, 0.25) is 5.02 Å². The molecule has 0 fully saturated rings. The van der Waals surface area contributed by atoms with Gasteiger partial charge >= 0.3 is 0 Å². The molecular weight excluding hydrogens is 292 g/mol. The Bertz CT molecular complexity index is 605. The fraction of sp³-hybridized carbons (Fsp3) is 0.429. The van der Waals surface area contributed by atoms with E-state index in [0.717, 1.165) is 11.3 Å². The number of rotatable bonds is 4. The van der Waals surface area contributed by atoms with Crippen LogP contribution in [-0.4, -0.2) is 42.5 Å². The zero-order valence-electron chi connectivity index (χ0n) is 11.4. The number of aliphatic hydroxyl groups excluding tert-OH is 1. The lowest BCUT2D eigenvalue weighted by Crippen LogP contribution is -2.50. The van der Waals surface area contributed by atoms with Crippen molar-refractivity contribution in [3.8, 4) is 0 Å². The highest BCUT2D eigenvalue weighted by atomic mass is 35.5. The van der Waals surface area contributed by atoms with Crippen LogP contribution in [0.15, 0.2) is 23.3 Å². The van der Waals surface area contributed by atoms with Gasteiger partial charge in [0.1, 0.15) is 5.92 Å². The zero-order valence-corrected chi connectivity index (χ0v) is 12.2. The Labute approximate surface area is 127 Å². The molecule has 7 heteroatoms. The summed E-state index contributed by atoms with van der Waals surface area (Å²) in [4.78, 5) is 14.5. The van der Waals surface area contributed by atoms with Gasteiger partial charge in [0.15, 0.2) is 0 Å². The minimum atomic E-state index is -0.473. The SMILES string of the molecule is NCCCN1C(=O)C2C(=NNC2CO)c2cc(Cl)ccc21. The van der Waals surface area contributed by atoms with Crippen LogP contribution in [0, 0.1) is 5.92 Å². The summed E-state index contributed by atoms with van der Waals surface area (Å²) in [5.41, 5.74) is 10.7. The number of nitrogens with one attached hydrogen (secondary N) is 1. The van der Waals surface area contributed by atoms with Gasteiger partial charge < -0.3 is 21.2 Å². The van der Waals surface area contributed by atoms with Gasteiger partial charge in [0.2, 0.25) is 5.91 Å². The number of halogens is 1. The predicted octanol–water partition coefficient (Wildman–Crippen LogP) is 0.320. The third kappa shape index (κ3) is 2.29. The minimum absolute atomic E-state index is 0.0546. The summed E-state index contributed by atoms with van der Waals surface area (Å²) < 4.78 is 0. The monoisotopic (exact) mass is 308 g/mol. The normalized spacial score (nSPS) is 23.5. The van der Waals surface area contributed by atoms with Gasteiger partial charge in [0.05, 0.1) is 24.0 Å². The first-order chi connectivity index (χ1) is 10.2. The van der Waals surface area contributed by atoms with Gasteiger partial charge in [-0.1, -0.05) is 11.6 Å². The second-order valence-corrected chi connectivity index (χ2v) is 5.62. The summed E-state index contributed by atoms with van der Waals surface area (Å²) in [6.07, 6.45) is 0.713. The van der Waals surface area contributed by atoms with Crippen LogP contribution >= 0.6 is 11.6 Å². The van der Waals surface area contributed by atoms with Crippen LogP contribution in [0.3, 0.4) is 0 Å². The van der Waals surface area contributed by atoms with E-state index in [1.54, 1.807) is 11.0 Å². The summed E-state index contributed by atoms with van der Waals surface area (Å²) in [5, 5.41) is 14.3. The molecule has 2 aliphatic heterocycles. The molecule has 21 heavy (non-hydrogen) atoms. The molecular formula is C14H17ClN4O2. The van der Waals surface area contributed by atoms with Crippen molar-refractivity contribution in [2.45, 2.75) is 12.5 Å². The molecule has 2 atom stereocenters. The smallest absolute Gasteiger partial charge is 0.238 e. The quantitative estimate of drug-likeness (QED) is 0.747. The standard InChI is InChI=1S/C14H17ClN4O2/c15-8-2-3-11-9(6-8)13-12(10(7-20)17-18-13)14(21)19(11)5-1-4-16/h2-3,6,10,12,17,20H,1,4-5,7,16H2. The fourth-order valence-electron chi connectivity index (χ4n) is 2.87. The van der Waals surface area contributed by atoms with Crippen molar-refractivity contribution in [2.24, 2.45) is 16.8 Å². The average molecular weight is 309 g/mol. The molecule has 1 aromatic rings. The lowest BCUT2D eigenvalue weighted by atomic mass is 9.85. The summed E-state index contributed by atoms with van der Waals surface area (Å²) in [6, 6.07) is 5.01. The van der Waals surface area contributed by atoms with Gasteiger partial charge in [0.25, 0.3) is 0 Å². The molecule has 2 unspecified atom stereocenters. The number of carbonyl (C=O) groups excluding carboxylic acids is 1. The number of hydrazone groups is 1. The van der Waals surface area contributed by atoms with E-state index in [0.29, 0.717) is 30.2 Å². The van der Waals surface area contributed by atoms with Gasteiger partial charge in [-0.2, -0.15) is 5.10 Å². The number of nitrogens with zero attached hydrogens (tertiary/aromatic N) is 2. The highest BCUT2D eigenvalue weighted by Crippen LogP contribution is 2.36. The van der Waals surface area contributed by atoms with Crippen LogP contribution in [0.1, 0.15) is 12.0 Å². The maximum absolute atomic E-state index is 12.7. The van der Waals surface area contributed by atoms with Gasteiger partial charge in [-0.3, -0.25) is 4.79 Å². The first-order valence-electron chi connectivity index (χ1n) is 6.92. The van der Waals surface area contributed by atoms with E-state index < -0.39 is 5.92 Å². The van der Waals surface area contributed by atoms with Gasteiger partial charge in [0, 0.05) is 17.1 Å². The maximum Gasteiger partial charge on any atom is 0.238 e. The molecule has 0 saturated heterocycles. The maximum atomic E-state index is 12.7. The summed E-state index contributed by atoms with van der Waals surface area (Å²) in [5.74, 6) is -0.528. The van der Waals surface area contributed by atoms with Crippen LogP contribution < -0.4 is 16.1 Å². The highest BCUT2D eigenvalue weighted by molar-refractivity contribution is 6.32. The van der Waals surface area contributed by atoms with E-state index in [1.165, 1.54) is 0 Å². The lowest BCUT2D eigenvalue weighted by Gasteiger charge is -2.34. The lowest BCUT2D eigenvalue weighted by molar-refractivity contribution is -0.121. The molecule has 112 valence electrons. The number of fused-ring (bicyclic) bond motifs is 3. The second-order valence-electron chi connectivity index (χ2n) is 5.19. The van der Waals surface area contributed by atoms with Gasteiger partial charge in [-0.15, -0.1) is 0 Å². The van der Waals surface area contributed by atoms with Crippen molar-refractivity contribution in [2.75, 3.05) is 24.6 Å². The third-order valence-corrected chi connectivity index (χ3v) is 4.12. The first-order valence-corrected chi connectivity index (χ1v) is 7.30. The summed E-state index contributed by atoms with van der Waals surface area (Å²) >= 11 is 6.08. The molecule has 1 aromatic carbocycles. The Morgan fingerprint density at radius 2 is 2.29 bits per heavy atom. The van der Waals surface area contributed by atoms with E-state index in [4.69, 9.17) is 17.3 Å². The molecule has 2 heterocycles. The van der Waals surface area contributed by atoms with Crippen molar-refractivity contribution < 1.29 is 9.90 Å². The zero-order chi connectivity index (χ0) is 15.0. The molecule has 0 aromatic heterocycles. The van der Waals surface area contributed by atoms with E-state index >= 15 is 0 Å². The van der Waals surface area contributed by atoms with Crippen molar-refractivity contribution >= 4 is 28.9 Å². The molecule has 0 spiro atoms. The van der Waals surface area contributed by atoms with Crippen molar-refractivity contribution in [1.29, 1.82) is 0 Å². The predicted molar refractivity (Wildman–Crippen MR) is 81.5 cm³/mol. The van der Waals surface area contributed by atoms with Crippen LogP contribution in [0.5, 0.6) is 0 Å². The van der Waals surface area contributed by atoms with Gasteiger partial charge in [-0.25, -0.2) is 0 Å². The number of nitrogens with two attached hydrogens (primary N) is 1. The summed E-state index contributed by atoms with van der Waals surface area (Å²) in [6.45, 7) is 0.913. The average Bonchev–Trinajstić information content (AvgIpc) is 2.92. The Morgan fingerprint density at radius 1 is 1.48 bits per heavy atom. The molecule has 0 bridgehead atoms. The van der Waals surface area contributed by atoms with Crippen LogP contribution in [0.4, 0.5) is 5.69 Å². The Hall–Kier alpha value is -1.63. The highest BCUT2D eigenvalue weighted by Gasteiger charge is 2.45. The topological polar surface area (TPSA) is 91.0 Å². The summed E-state index contributed by atoms with van der Waals surface area (Å²) in [7, 11) is 0. The second kappa shape index (κ2) is 5.63. The number of anilines is 1. The first kappa shape index (κ1) is 14.3. The number of hydrogen-bond acceptors (Lipinski definition) is 5. The Morgan fingerprint density at radius 3 is 3.00 bits per heavy atom.